The molecule has 0 amide bonds. The van der Waals surface area contributed by atoms with Crippen molar-refractivity contribution in [3.05, 3.63) is 54.9 Å². The van der Waals surface area contributed by atoms with E-state index in [1.54, 1.807) is 11.8 Å². The van der Waals surface area contributed by atoms with Gasteiger partial charge in [0.15, 0.2) is 18.9 Å². The molecule has 1 N–H and O–H groups in total. The fourth-order valence-electron chi connectivity index (χ4n) is 1.87. The van der Waals surface area contributed by atoms with Crippen molar-refractivity contribution in [1.29, 1.82) is 0 Å². The molecule has 1 atom stereocenters. The highest BCUT2D eigenvalue weighted by Gasteiger charge is 2.11. The predicted molar refractivity (Wildman–Crippen MR) is 84.1 cm³/mol. The van der Waals surface area contributed by atoms with Gasteiger partial charge >= 0.3 is 0 Å². The normalized spacial score (nSPS) is 12.1. The minimum absolute atomic E-state index is 0.351. The van der Waals surface area contributed by atoms with Crippen molar-refractivity contribution in [3.8, 4) is 0 Å². The van der Waals surface area contributed by atoms with Gasteiger partial charge in [-0.2, -0.15) is 0 Å². The van der Waals surface area contributed by atoms with Crippen LogP contribution >= 0.6 is 11.8 Å². The Hall–Kier alpha value is -1.39. The minimum atomic E-state index is -4.94. The van der Waals surface area contributed by atoms with Gasteiger partial charge in [0.25, 0.3) is 0 Å². The van der Waals surface area contributed by atoms with E-state index in [9.17, 15) is 5.11 Å². The fourth-order valence-corrected chi connectivity index (χ4v) is 2.71. The molecule has 2 aromatic rings. The lowest BCUT2D eigenvalue weighted by Crippen LogP contribution is -2.68. The lowest BCUT2D eigenvalue weighted by molar-refractivity contribution is -2.00. The van der Waals surface area contributed by atoms with Crippen LogP contribution < -0.4 is 28.1 Å². The molecule has 0 spiro atoms. The van der Waals surface area contributed by atoms with Gasteiger partial charge in [-0.15, -0.1) is 22.0 Å². The van der Waals surface area contributed by atoms with Gasteiger partial charge in [-0.05, 0) is 12.1 Å². The monoisotopic (exact) mass is 388 g/mol. The van der Waals surface area contributed by atoms with Crippen LogP contribution in [-0.4, -0.2) is 31.1 Å². The molecule has 0 bridgehead atoms. The molecule has 2 rings (SSSR count). The molecular weight excluding hydrogens is 368 g/mol. The van der Waals surface area contributed by atoms with Crippen molar-refractivity contribution in [1.82, 2.24) is 0 Å². The molecule has 0 radical (unpaired) electrons. The summed E-state index contributed by atoms with van der Waals surface area (Å²) in [5.74, 6) is 0.701. The Morgan fingerprint density at radius 3 is 2.04 bits per heavy atom. The molecule has 1 aromatic heterocycles. The summed E-state index contributed by atoms with van der Waals surface area (Å²) in [4.78, 5) is 3.26. The van der Waals surface area contributed by atoms with Gasteiger partial charge in [-0.25, -0.2) is 23.2 Å². The highest BCUT2D eigenvalue weighted by molar-refractivity contribution is 7.99. The molecule has 0 aliphatic heterocycles. The molecule has 0 fully saturated rings. The molecule has 0 aliphatic rings. The van der Waals surface area contributed by atoms with Gasteiger partial charge in [0.1, 0.15) is 6.10 Å². The third-order valence-corrected chi connectivity index (χ3v) is 4.15. The predicted octanol–water partition coefficient (Wildman–Crippen LogP) is -2.56. The Kier molecular flexibility index (Phi) is 9.15. The molecule has 0 saturated heterocycles. The smallest absolute Gasteiger partial charge is 0.174 e. The lowest BCUT2D eigenvalue weighted by Gasteiger charge is -2.17. The van der Waals surface area contributed by atoms with E-state index in [4.69, 9.17) is 18.6 Å². The molecular formula is C16H21ClN2O5S. The molecule has 9 heteroatoms. The average Bonchev–Trinajstić information content (AvgIpc) is 2.53. The first-order chi connectivity index (χ1) is 11.6. The number of hydrogen-bond donors (Lipinski definition) is 1. The molecule has 0 saturated carbocycles. The number of pyridine rings is 1. The van der Waals surface area contributed by atoms with Crippen molar-refractivity contribution in [2.24, 2.45) is 0 Å². The summed E-state index contributed by atoms with van der Waals surface area (Å²) in [6.45, 7) is 0.619. The standard InChI is InChI=1S/C16H21N2OS.ClHO4/c1-17(2)14-8-10-18(11-9-14)12-15(19)13-20-16-6-4-3-5-7-16;2-1(3,4)5/h3-11,15,19H,12-13H2,1-2H3;(H,2,3,4,5)/q+1;/p-1. The number of thioether (sulfide) groups is 1. The van der Waals surface area contributed by atoms with Crippen molar-refractivity contribution < 1.29 is 38.6 Å². The topological polar surface area (TPSA) is 120 Å². The zero-order valence-electron chi connectivity index (χ0n) is 13.9. The molecule has 1 heterocycles. The van der Waals surface area contributed by atoms with Crippen molar-refractivity contribution in [2.75, 3.05) is 24.7 Å². The van der Waals surface area contributed by atoms with Crippen LogP contribution in [0.25, 0.3) is 0 Å². The summed E-state index contributed by atoms with van der Waals surface area (Å²) in [5.41, 5.74) is 1.16. The van der Waals surface area contributed by atoms with E-state index in [0.717, 1.165) is 5.69 Å². The summed E-state index contributed by atoms with van der Waals surface area (Å²) in [6.07, 6.45) is 3.66. The highest BCUT2D eigenvalue weighted by Crippen LogP contribution is 2.17. The Morgan fingerprint density at radius 2 is 1.56 bits per heavy atom. The van der Waals surface area contributed by atoms with Crippen LogP contribution in [0.15, 0.2) is 59.8 Å². The summed E-state index contributed by atoms with van der Waals surface area (Å²) in [7, 11) is -0.907. The quantitative estimate of drug-likeness (QED) is 0.427. The summed E-state index contributed by atoms with van der Waals surface area (Å²) < 4.78 is 36.0. The second kappa shape index (κ2) is 10.6. The molecule has 25 heavy (non-hydrogen) atoms. The largest absolute Gasteiger partial charge is 0.386 e. The van der Waals surface area contributed by atoms with Gasteiger partial charge in [-0.3, -0.25) is 0 Å². The van der Waals surface area contributed by atoms with Gasteiger partial charge < -0.3 is 10.0 Å². The maximum Gasteiger partial charge on any atom is 0.174 e. The van der Waals surface area contributed by atoms with Gasteiger partial charge in [-0.1, -0.05) is 18.2 Å². The van der Waals surface area contributed by atoms with Crippen LogP contribution in [0.3, 0.4) is 0 Å². The molecule has 7 nitrogen and oxygen atoms in total. The lowest BCUT2D eigenvalue weighted by atomic mass is 10.3. The van der Waals surface area contributed by atoms with Crippen LogP contribution in [0.2, 0.25) is 0 Å². The molecule has 1 unspecified atom stereocenters. The molecule has 0 aliphatic carbocycles. The fraction of sp³-hybridized carbons (Fsp3) is 0.312. The first-order valence-electron chi connectivity index (χ1n) is 7.29. The first kappa shape index (κ1) is 21.7. The van der Waals surface area contributed by atoms with E-state index in [2.05, 4.69) is 29.2 Å². The minimum Gasteiger partial charge on any atom is -0.386 e. The number of aromatic nitrogens is 1. The first-order valence-corrected chi connectivity index (χ1v) is 9.51. The van der Waals surface area contributed by atoms with E-state index < -0.39 is 10.2 Å². The van der Waals surface area contributed by atoms with Crippen molar-refractivity contribution in [3.63, 3.8) is 0 Å². The third kappa shape index (κ3) is 11.0. The van der Waals surface area contributed by atoms with E-state index in [-0.39, 0.29) is 6.10 Å². The SMILES string of the molecule is CN(C)c1cc[n+](CC(O)CSc2ccccc2)cc1.[O-][Cl+3]([O-])([O-])[O-]. The van der Waals surface area contributed by atoms with E-state index in [0.29, 0.717) is 12.3 Å². The third-order valence-electron chi connectivity index (χ3n) is 3.00. The number of aliphatic hydroxyl groups excluding tert-OH is 1. The number of aliphatic hydroxyl groups is 1. The Balaban J connectivity index is 0.000000550. The van der Waals surface area contributed by atoms with Crippen molar-refractivity contribution >= 4 is 17.4 Å². The zero-order valence-corrected chi connectivity index (χ0v) is 15.5. The highest BCUT2D eigenvalue weighted by atomic mass is 35.7. The van der Waals surface area contributed by atoms with Gasteiger partial charge in [0.05, 0.1) is 0 Å². The Morgan fingerprint density at radius 1 is 1.04 bits per heavy atom. The maximum atomic E-state index is 10.1. The summed E-state index contributed by atoms with van der Waals surface area (Å²) in [5, 5.41) is 10.1. The second-order valence-corrected chi connectivity index (χ2v) is 7.15. The zero-order chi connectivity index (χ0) is 18.9. The van der Waals surface area contributed by atoms with Gasteiger partial charge in [0, 0.05) is 42.6 Å². The van der Waals surface area contributed by atoms with E-state index >= 15 is 0 Å². The number of rotatable bonds is 6. The number of anilines is 1. The summed E-state index contributed by atoms with van der Waals surface area (Å²) >= 11 is 1.68. The number of benzene rings is 1. The average molecular weight is 389 g/mol. The van der Waals surface area contributed by atoms with Crippen LogP contribution in [0.4, 0.5) is 5.69 Å². The van der Waals surface area contributed by atoms with E-state index in [1.165, 1.54) is 4.90 Å². The number of nitrogens with zero attached hydrogens (tertiary/aromatic N) is 2. The van der Waals surface area contributed by atoms with Crippen LogP contribution in [0, 0.1) is 10.2 Å². The summed E-state index contributed by atoms with van der Waals surface area (Å²) in [6, 6.07) is 14.3. The van der Waals surface area contributed by atoms with Crippen LogP contribution in [0.5, 0.6) is 0 Å². The Bertz CT molecular complexity index is 602. The van der Waals surface area contributed by atoms with E-state index in [1.807, 2.05) is 49.3 Å². The second-order valence-electron chi connectivity index (χ2n) is 5.30. The van der Waals surface area contributed by atoms with Crippen LogP contribution in [0.1, 0.15) is 0 Å². The van der Waals surface area contributed by atoms with Crippen LogP contribution in [-0.2, 0) is 6.54 Å². The Labute approximate surface area is 153 Å². The molecule has 1 aromatic carbocycles. The number of halogens is 1. The molecule has 138 valence electrons. The maximum absolute atomic E-state index is 10.1. The van der Waals surface area contributed by atoms with Gasteiger partial charge in [0.2, 0.25) is 0 Å². The van der Waals surface area contributed by atoms with Crippen molar-refractivity contribution in [2.45, 2.75) is 17.5 Å². The number of hydrogen-bond acceptors (Lipinski definition) is 7.